The maximum absolute atomic E-state index is 6.11. The fourth-order valence-corrected chi connectivity index (χ4v) is 2.95. The third-order valence-electron chi connectivity index (χ3n) is 3.95. The molecule has 0 aliphatic heterocycles. The predicted molar refractivity (Wildman–Crippen MR) is 80.4 cm³/mol. The van der Waals surface area contributed by atoms with Crippen molar-refractivity contribution in [2.24, 2.45) is 0 Å². The zero-order valence-corrected chi connectivity index (χ0v) is 12.1. The van der Waals surface area contributed by atoms with Crippen LogP contribution in [0.15, 0.2) is 30.3 Å². The Morgan fingerprint density at radius 3 is 2.74 bits per heavy atom. The lowest BCUT2D eigenvalue weighted by molar-refractivity contribution is 0.00466. The van der Waals surface area contributed by atoms with Crippen LogP contribution in [-0.4, -0.2) is 25.3 Å². The monoisotopic (exact) mass is 261 g/mol. The summed E-state index contributed by atoms with van der Waals surface area (Å²) in [4.78, 5) is 0. The van der Waals surface area contributed by atoms with Crippen molar-refractivity contribution in [3.8, 4) is 0 Å². The highest BCUT2D eigenvalue weighted by atomic mass is 16.5. The van der Waals surface area contributed by atoms with Gasteiger partial charge in [0.1, 0.15) is 0 Å². The highest BCUT2D eigenvalue weighted by Gasteiger charge is 2.24. The number of likely N-dealkylation sites (N-methyl/N-ethyl adjacent to an activating group) is 1. The van der Waals surface area contributed by atoms with Gasteiger partial charge in [-0.05, 0) is 37.8 Å². The maximum Gasteiger partial charge on any atom is 0.0728 e. The van der Waals surface area contributed by atoms with E-state index in [1.165, 1.54) is 31.2 Å². The Labute approximate surface area is 117 Å². The first-order valence-corrected chi connectivity index (χ1v) is 7.79. The third kappa shape index (κ3) is 4.96. The molecule has 1 aromatic carbocycles. The molecule has 1 fully saturated rings. The largest absolute Gasteiger partial charge is 0.377 e. The Hall–Kier alpha value is -0.860. The quantitative estimate of drug-likeness (QED) is 0.758. The zero-order valence-electron chi connectivity index (χ0n) is 12.1. The van der Waals surface area contributed by atoms with E-state index >= 15 is 0 Å². The molecule has 0 bridgehead atoms. The Kier molecular flexibility index (Phi) is 6.38. The van der Waals surface area contributed by atoms with Gasteiger partial charge in [-0.15, -0.1) is 0 Å². The van der Waals surface area contributed by atoms with Gasteiger partial charge in [0.05, 0.1) is 6.10 Å². The average molecular weight is 261 g/mol. The molecule has 0 aromatic heterocycles. The van der Waals surface area contributed by atoms with Crippen LogP contribution in [0.4, 0.5) is 0 Å². The highest BCUT2D eigenvalue weighted by Crippen LogP contribution is 2.21. The van der Waals surface area contributed by atoms with Gasteiger partial charge in [0.2, 0.25) is 0 Å². The van der Waals surface area contributed by atoms with Crippen molar-refractivity contribution in [3.63, 3.8) is 0 Å². The van der Waals surface area contributed by atoms with Crippen molar-refractivity contribution in [1.29, 1.82) is 0 Å². The van der Waals surface area contributed by atoms with E-state index in [0.29, 0.717) is 12.1 Å². The molecule has 1 N–H and O–H groups in total. The van der Waals surface area contributed by atoms with E-state index in [0.717, 1.165) is 26.0 Å². The summed E-state index contributed by atoms with van der Waals surface area (Å²) in [7, 11) is 0. The summed E-state index contributed by atoms with van der Waals surface area (Å²) in [5.41, 5.74) is 1.41. The minimum Gasteiger partial charge on any atom is -0.377 e. The Balaban J connectivity index is 1.66. The maximum atomic E-state index is 6.11. The second-order valence-electron chi connectivity index (χ2n) is 5.45. The smallest absolute Gasteiger partial charge is 0.0728 e. The van der Waals surface area contributed by atoms with Crippen molar-refractivity contribution in [1.82, 2.24) is 5.32 Å². The summed E-state index contributed by atoms with van der Waals surface area (Å²) in [6.45, 7) is 4.12. The van der Waals surface area contributed by atoms with Crippen LogP contribution in [0.3, 0.4) is 0 Å². The molecular weight excluding hydrogens is 234 g/mol. The number of ether oxygens (including phenoxy) is 1. The van der Waals surface area contributed by atoms with E-state index < -0.39 is 0 Å². The van der Waals surface area contributed by atoms with Crippen LogP contribution in [0.1, 0.15) is 44.6 Å². The molecule has 1 aromatic rings. The molecule has 0 heterocycles. The van der Waals surface area contributed by atoms with E-state index in [1.54, 1.807) is 0 Å². The van der Waals surface area contributed by atoms with Gasteiger partial charge in [-0.1, -0.05) is 50.1 Å². The van der Waals surface area contributed by atoms with Crippen LogP contribution in [0.2, 0.25) is 0 Å². The van der Waals surface area contributed by atoms with Crippen LogP contribution >= 0.6 is 0 Å². The van der Waals surface area contributed by atoms with Gasteiger partial charge >= 0.3 is 0 Å². The highest BCUT2D eigenvalue weighted by molar-refractivity contribution is 5.14. The van der Waals surface area contributed by atoms with Gasteiger partial charge < -0.3 is 10.1 Å². The molecule has 2 rings (SSSR count). The summed E-state index contributed by atoms with van der Waals surface area (Å²) in [5, 5.41) is 3.57. The minimum atomic E-state index is 0.435. The van der Waals surface area contributed by atoms with Crippen molar-refractivity contribution < 1.29 is 4.74 Å². The second kappa shape index (κ2) is 8.34. The van der Waals surface area contributed by atoms with E-state index in [9.17, 15) is 0 Å². The van der Waals surface area contributed by atoms with Crippen molar-refractivity contribution >= 4 is 0 Å². The van der Waals surface area contributed by atoms with Crippen LogP contribution in [-0.2, 0) is 11.2 Å². The summed E-state index contributed by atoms with van der Waals surface area (Å²) in [6, 6.07) is 11.3. The molecule has 1 aliphatic rings. The first kappa shape index (κ1) is 14.5. The summed E-state index contributed by atoms with van der Waals surface area (Å²) >= 11 is 0. The third-order valence-corrected chi connectivity index (χ3v) is 3.95. The van der Waals surface area contributed by atoms with Gasteiger partial charge in [0.15, 0.2) is 0 Å². The number of rotatable bonds is 7. The van der Waals surface area contributed by atoms with Crippen molar-refractivity contribution in [2.75, 3.05) is 13.2 Å². The zero-order chi connectivity index (χ0) is 13.3. The van der Waals surface area contributed by atoms with Gasteiger partial charge in [0, 0.05) is 12.6 Å². The molecule has 2 heteroatoms. The second-order valence-corrected chi connectivity index (χ2v) is 5.45. The number of hydrogen-bond acceptors (Lipinski definition) is 2. The fourth-order valence-electron chi connectivity index (χ4n) is 2.95. The van der Waals surface area contributed by atoms with E-state index in [4.69, 9.17) is 4.74 Å². The van der Waals surface area contributed by atoms with Crippen LogP contribution < -0.4 is 5.32 Å². The van der Waals surface area contributed by atoms with Gasteiger partial charge in [-0.3, -0.25) is 0 Å². The predicted octanol–water partition coefficient (Wildman–Crippen LogP) is 3.56. The Bertz CT molecular complexity index is 336. The molecule has 2 atom stereocenters. The molecule has 2 unspecified atom stereocenters. The number of nitrogens with one attached hydrogen (secondary N) is 1. The molecule has 0 amide bonds. The number of aryl methyl sites for hydroxylation is 1. The molecule has 19 heavy (non-hydrogen) atoms. The first-order chi connectivity index (χ1) is 9.40. The Morgan fingerprint density at radius 2 is 1.95 bits per heavy atom. The SMILES string of the molecule is CCNC1CCCCC1OCCCc1ccccc1. The topological polar surface area (TPSA) is 21.3 Å². The lowest BCUT2D eigenvalue weighted by Crippen LogP contribution is -2.43. The van der Waals surface area contributed by atoms with E-state index in [1.807, 2.05) is 0 Å². The van der Waals surface area contributed by atoms with Gasteiger partial charge in [-0.2, -0.15) is 0 Å². The summed E-state index contributed by atoms with van der Waals surface area (Å²) < 4.78 is 6.11. The molecule has 1 aliphatic carbocycles. The molecule has 106 valence electrons. The van der Waals surface area contributed by atoms with Crippen LogP contribution in [0, 0.1) is 0 Å². The average Bonchev–Trinajstić information content (AvgIpc) is 2.47. The molecule has 1 saturated carbocycles. The molecule has 0 spiro atoms. The molecule has 0 saturated heterocycles. The van der Waals surface area contributed by atoms with E-state index in [2.05, 4.69) is 42.6 Å². The fraction of sp³-hybridized carbons (Fsp3) is 0.647. The molecular formula is C17H27NO. The van der Waals surface area contributed by atoms with E-state index in [-0.39, 0.29) is 0 Å². The molecule has 2 nitrogen and oxygen atoms in total. The Morgan fingerprint density at radius 1 is 1.16 bits per heavy atom. The van der Waals surface area contributed by atoms with Crippen LogP contribution in [0.5, 0.6) is 0 Å². The first-order valence-electron chi connectivity index (χ1n) is 7.79. The molecule has 0 radical (unpaired) electrons. The lowest BCUT2D eigenvalue weighted by atomic mass is 9.92. The number of benzene rings is 1. The lowest BCUT2D eigenvalue weighted by Gasteiger charge is -2.32. The normalized spacial score (nSPS) is 23.4. The van der Waals surface area contributed by atoms with Crippen molar-refractivity contribution in [3.05, 3.63) is 35.9 Å². The van der Waals surface area contributed by atoms with Gasteiger partial charge in [0.25, 0.3) is 0 Å². The van der Waals surface area contributed by atoms with Crippen LogP contribution in [0.25, 0.3) is 0 Å². The number of hydrogen-bond donors (Lipinski definition) is 1. The minimum absolute atomic E-state index is 0.435. The van der Waals surface area contributed by atoms with Gasteiger partial charge in [-0.25, -0.2) is 0 Å². The van der Waals surface area contributed by atoms with Crippen molar-refractivity contribution in [2.45, 2.75) is 57.6 Å². The summed E-state index contributed by atoms with van der Waals surface area (Å²) in [5.74, 6) is 0. The summed E-state index contributed by atoms with van der Waals surface area (Å²) in [6.07, 6.45) is 7.86. The standard InChI is InChI=1S/C17H27NO/c1-2-18-16-12-6-7-13-17(16)19-14-8-11-15-9-4-3-5-10-15/h3-5,9-10,16-18H,2,6-8,11-14H2,1H3.